The van der Waals surface area contributed by atoms with Crippen molar-refractivity contribution < 1.29 is 4.79 Å². The lowest BCUT2D eigenvalue weighted by Gasteiger charge is -2.13. The van der Waals surface area contributed by atoms with E-state index in [0.29, 0.717) is 10.8 Å². The zero-order chi connectivity index (χ0) is 13.9. The minimum Gasteiger partial charge on any atom is -0.327 e. The maximum Gasteiger partial charge on any atom is 0.281 e. The van der Waals surface area contributed by atoms with Crippen molar-refractivity contribution in [3.05, 3.63) is 66.1 Å². The van der Waals surface area contributed by atoms with Crippen molar-refractivity contribution in [2.45, 2.75) is 0 Å². The zero-order valence-electron chi connectivity index (χ0n) is 10.5. The number of carbonyl (C=O) groups excluding carboxylic acids is 1. The van der Waals surface area contributed by atoms with E-state index in [1.807, 2.05) is 42.5 Å². The topological polar surface area (TPSA) is 45.2 Å². The predicted molar refractivity (Wildman–Crippen MR) is 81.9 cm³/mol. The van der Waals surface area contributed by atoms with Gasteiger partial charge in [0.2, 0.25) is 0 Å². The standard InChI is InChI=1S/C15H11N3OS/c19-14-13(10-11-6-8-16-9-7-11)17-15(20)18(14)12-4-2-1-3-5-12/h1-10H,(H,17,20). The van der Waals surface area contributed by atoms with Crippen molar-refractivity contribution in [1.82, 2.24) is 10.3 Å². The van der Waals surface area contributed by atoms with Gasteiger partial charge in [-0.25, -0.2) is 0 Å². The lowest BCUT2D eigenvalue weighted by Crippen LogP contribution is -2.30. The van der Waals surface area contributed by atoms with Crippen molar-refractivity contribution in [1.29, 1.82) is 0 Å². The van der Waals surface area contributed by atoms with Gasteiger partial charge in [0.15, 0.2) is 5.11 Å². The number of para-hydroxylation sites is 1. The van der Waals surface area contributed by atoms with E-state index < -0.39 is 0 Å². The number of carbonyl (C=O) groups is 1. The van der Waals surface area contributed by atoms with E-state index in [1.165, 1.54) is 4.90 Å². The fraction of sp³-hybridized carbons (Fsp3) is 0. The molecule has 1 aliphatic rings. The minimum absolute atomic E-state index is 0.155. The Labute approximate surface area is 121 Å². The highest BCUT2D eigenvalue weighted by Gasteiger charge is 2.31. The molecule has 4 nitrogen and oxygen atoms in total. The van der Waals surface area contributed by atoms with Crippen molar-refractivity contribution in [2.24, 2.45) is 0 Å². The van der Waals surface area contributed by atoms with Crippen molar-refractivity contribution >= 4 is 35.0 Å². The Morgan fingerprint density at radius 3 is 2.50 bits per heavy atom. The number of amides is 1. The SMILES string of the molecule is O=C1C(=Cc2ccncc2)NC(=S)N1c1ccccc1. The Bertz CT molecular complexity index is 683. The second-order valence-electron chi connectivity index (χ2n) is 4.24. The molecule has 1 aromatic carbocycles. The van der Waals surface area contributed by atoms with E-state index in [-0.39, 0.29) is 5.91 Å². The van der Waals surface area contributed by atoms with Crippen LogP contribution in [0.1, 0.15) is 5.56 Å². The number of hydrogen-bond acceptors (Lipinski definition) is 3. The van der Waals surface area contributed by atoms with Gasteiger partial charge in [0, 0.05) is 12.4 Å². The summed E-state index contributed by atoms with van der Waals surface area (Å²) in [6.07, 6.45) is 5.12. The molecule has 2 heterocycles. The first-order valence-electron chi connectivity index (χ1n) is 6.08. The van der Waals surface area contributed by atoms with E-state index in [1.54, 1.807) is 18.5 Å². The number of hydrogen-bond donors (Lipinski definition) is 1. The highest BCUT2D eigenvalue weighted by Crippen LogP contribution is 2.21. The van der Waals surface area contributed by atoms with Crippen molar-refractivity contribution in [2.75, 3.05) is 4.90 Å². The van der Waals surface area contributed by atoms with E-state index in [2.05, 4.69) is 10.3 Å². The third-order valence-corrected chi connectivity index (χ3v) is 3.19. The molecule has 0 bridgehead atoms. The highest BCUT2D eigenvalue weighted by atomic mass is 32.1. The second kappa shape index (κ2) is 5.22. The third kappa shape index (κ3) is 2.31. The Morgan fingerprint density at radius 2 is 1.80 bits per heavy atom. The van der Waals surface area contributed by atoms with Crippen LogP contribution in [0.4, 0.5) is 5.69 Å². The Kier molecular flexibility index (Phi) is 3.26. The van der Waals surface area contributed by atoms with Crippen LogP contribution < -0.4 is 10.2 Å². The molecular formula is C15H11N3OS. The summed E-state index contributed by atoms with van der Waals surface area (Å²) in [6.45, 7) is 0. The van der Waals surface area contributed by atoms with E-state index in [0.717, 1.165) is 11.3 Å². The molecular weight excluding hydrogens is 270 g/mol. The van der Waals surface area contributed by atoms with Gasteiger partial charge < -0.3 is 5.32 Å². The summed E-state index contributed by atoms with van der Waals surface area (Å²) in [7, 11) is 0. The summed E-state index contributed by atoms with van der Waals surface area (Å²) in [5.74, 6) is -0.155. The van der Waals surface area contributed by atoms with Crippen LogP contribution in [-0.2, 0) is 4.79 Å². The molecule has 0 atom stereocenters. The van der Waals surface area contributed by atoms with Crippen LogP contribution in [0.15, 0.2) is 60.6 Å². The molecule has 2 aromatic rings. The predicted octanol–water partition coefficient (Wildman–Crippen LogP) is 2.34. The first-order chi connectivity index (χ1) is 9.75. The van der Waals surface area contributed by atoms with Gasteiger partial charge in [0.1, 0.15) is 5.70 Å². The maximum absolute atomic E-state index is 12.4. The summed E-state index contributed by atoms with van der Waals surface area (Å²) < 4.78 is 0. The monoisotopic (exact) mass is 281 g/mol. The van der Waals surface area contributed by atoms with Crippen LogP contribution in [-0.4, -0.2) is 16.0 Å². The number of thiocarbonyl (C=S) groups is 1. The lowest BCUT2D eigenvalue weighted by atomic mass is 10.2. The molecule has 0 spiro atoms. The maximum atomic E-state index is 12.4. The normalized spacial score (nSPS) is 16.6. The largest absolute Gasteiger partial charge is 0.327 e. The lowest BCUT2D eigenvalue weighted by molar-refractivity contribution is -0.113. The zero-order valence-corrected chi connectivity index (χ0v) is 11.3. The third-order valence-electron chi connectivity index (χ3n) is 2.91. The van der Waals surface area contributed by atoms with Gasteiger partial charge in [-0.2, -0.15) is 0 Å². The molecule has 1 amide bonds. The Morgan fingerprint density at radius 1 is 1.10 bits per heavy atom. The number of pyridine rings is 1. The molecule has 1 aromatic heterocycles. The van der Waals surface area contributed by atoms with Crippen molar-refractivity contribution in [3.8, 4) is 0 Å². The first-order valence-corrected chi connectivity index (χ1v) is 6.49. The molecule has 1 aliphatic heterocycles. The molecule has 0 unspecified atom stereocenters. The number of aromatic nitrogens is 1. The molecule has 3 rings (SSSR count). The van der Waals surface area contributed by atoms with Crippen LogP contribution in [0, 0.1) is 0 Å². The summed E-state index contributed by atoms with van der Waals surface area (Å²) in [4.78, 5) is 17.8. The van der Waals surface area contributed by atoms with Crippen LogP contribution in [0.25, 0.3) is 6.08 Å². The van der Waals surface area contributed by atoms with Gasteiger partial charge in [0.25, 0.3) is 5.91 Å². The molecule has 98 valence electrons. The van der Waals surface area contributed by atoms with Crippen LogP contribution >= 0.6 is 12.2 Å². The molecule has 1 fully saturated rings. The molecule has 1 N–H and O–H groups in total. The van der Waals surface area contributed by atoms with Gasteiger partial charge in [-0.1, -0.05) is 18.2 Å². The number of nitrogens with zero attached hydrogens (tertiary/aromatic N) is 2. The number of anilines is 1. The fourth-order valence-electron chi connectivity index (χ4n) is 1.97. The molecule has 0 aliphatic carbocycles. The van der Waals surface area contributed by atoms with E-state index >= 15 is 0 Å². The van der Waals surface area contributed by atoms with Gasteiger partial charge in [0.05, 0.1) is 5.69 Å². The molecule has 0 radical (unpaired) electrons. The van der Waals surface area contributed by atoms with Crippen LogP contribution in [0.2, 0.25) is 0 Å². The number of nitrogens with one attached hydrogen (secondary N) is 1. The summed E-state index contributed by atoms with van der Waals surface area (Å²) in [5.41, 5.74) is 2.12. The van der Waals surface area contributed by atoms with Crippen molar-refractivity contribution in [3.63, 3.8) is 0 Å². The quantitative estimate of drug-likeness (QED) is 0.678. The Hall–Kier alpha value is -2.53. The molecule has 5 heteroatoms. The highest BCUT2D eigenvalue weighted by molar-refractivity contribution is 7.80. The fourth-order valence-corrected chi connectivity index (χ4v) is 2.27. The molecule has 0 saturated carbocycles. The van der Waals surface area contributed by atoms with Crippen LogP contribution in [0.3, 0.4) is 0 Å². The van der Waals surface area contributed by atoms with Gasteiger partial charge in [-0.05, 0) is 48.1 Å². The van der Waals surface area contributed by atoms with Gasteiger partial charge in [-0.15, -0.1) is 0 Å². The van der Waals surface area contributed by atoms with Gasteiger partial charge in [-0.3, -0.25) is 14.7 Å². The molecule has 1 saturated heterocycles. The molecule has 20 heavy (non-hydrogen) atoms. The second-order valence-corrected chi connectivity index (χ2v) is 4.63. The first kappa shape index (κ1) is 12.5. The average Bonchev–Trinajstić information content (AvgIpc) is 2.75. The number of rotatable bonds is 2. The summed E-state index contributed by atoms with van der Waals surface area (Å²) in [5, 5.41) is 3.34. The smallest absolute Gasteiger partial charge is 0.281 e. The van der Waals surface area contributed by atoms with Gasteiger partial charge >= 0.3 is 0 Å². The van der Waals surface area contributed by atoms with E-state index in [4.69, 9.17) is 12.2 Å². The van der Waals surface area contributed by atoms with Crippen LogP contribution in [0.5, 0.6) is 0 Å². The number of benzene rings is 1. The minimum atomic E-state index is -0.155. The van der Waals surface area contributed by atoms with E-state index in [9.17, 15) is 4.79 Å². The average molecular weight is 281 g/mol. The summed E-state index contributed by atoms with van der Waals surface area (Å²) in [6, 6.07) is 13.0. The summed E-state index contributed by atoms with van der Waals surface area (Å²) >= 11 is 5.23. The Balaban J connectivity index is 1.93.